The van der Waals surface area contributed by atoms with E-state index in [0.717, 1.165) is 25.7 Å². The Bertz CT molecular complexity index is 875. The van der Waals surface area contributed by atoms with E-state index in [1.54, 1.807) is 13.8 Å². The van der Waals surface area contributed by atoms with Crippen LogP contribution in [-0.2, 0) is 0 Å². The van der Waals surface area contributed by atoms with Gasteiger partial charge in [-0.15, -0.1) is 0 Å². The zero-order chi connectivity index (χ0) is 27.1. The number of aliphatic hydroxyl groups is 6. The molecule has 2 fully saturated rings. The monoisotopic (exact) mass is 508 g/mol. The Hall–Kier alpha value is -0.500. The number of rotatable bonds is 6. The molecule has 36 heavy (non-hydrogen) atoms. The van der Waals surface area contributed by atoms with Crippen LogP contribution in [0.4, 0.5) is 0 Å². The van der Waals surface area contributed by atoms with Gasteiger partial charge in [-0.1, -0.05) is 45.8 Å². The molecule has 0 aromatic heterocycles. The van der Waals surface area contributed by atoms with Crippen molar-refractivity contribution >= 4 is 0 Å². The van der Waals surface area contributed by atoms with Gasteiger partial charge < -0.3 is 30.6 Å². The van der Waals surface area contributed by atoms with Crippen molar-refractivity contribution in [3.63, 3.8) is 0 Å². The van der Waals surface area contributed by atoms with Gasteiger partial charge in [-0.3, -0.25) is 0 Å². The normalized spacial score (nSPS) is 46.1. The molecule has 0 heterocycles. The maximum Gasteiger partial charge on any atom is 0.0853 e. The Morgan fingerprint density at radius 2 is 1.61 bits per heavy atom. The predicted octanol–water partition coefficient (Wildman–Crippen LogP) is 3.56. The van der Waals surface area contributed by atoms with Gasteiger partial charge in [0, 0.05) is 12.0 Å². The van der Waals surface area contributed by atoms with E-state index in [-0.39, 0.29) is 35.2 Å². The summed E-state index contributed by atoms with van der Waals surface area (Å²) in [6, 6.07) is 0. The van der Waals surface area contributed by atoms with Gasteiger partial charge in [0.1, 0.15) is 0 Å². The van der Waals surface area contributed by atoms with Crippen molar-refractivity contribution in [2.24, 2.45) is 39.4 Å². The van der Waals surface area contributed by atoms with Crippen molar-refractivity contribution in [2.75, 3.05) is 6.61 Å². The quantitative estimate of drug-likeness (QED) is 0.305. The van der Waals surface area contributed by atoms with Crippen molar-refractivity contribution in [2.45, 2.75) is 130 Å². The van der Waals surface area contributed by atoms with Gasteiger partial charge in [0.15, 0.2) is 0 Å². The molecule has 0 unspecified atom stereocenters. The predicted molar refractivity (Wildman–Crippen MR) is 140 cm³/mol. The molecule has 10 atom stereocenters. The smallest absolute Gasteiger partial charge is 0.0853 e. The third kappa shape index (κ3) is 3.88. The topological polar surface area (TPSA) is 121 Å². The van der Waals surface area contributed by atoms with Crippen LogP contribution < -0.4 is 0 Å². The van der Waals surface area contributed by atoms with Crippen molar-refractivity contribution in [3.05, 3.63) is 11.1 Å². The maximum atomic E-state index is 11.9. The van der Waals surface area contributed by atoms with E-state index in [2.05, 4.69) is 34.6 Å². The minimum atomic E-state index is -1.18. The summed E-state index contributed by atoms with van der Waals surface area (Å²) in [4.78, 5) is 0. The number of fused-ring (bicyclic) bond motifs is 4. The molecule has 0 spiro atoms. The standard InChI is InChI=1S/C30H52O6/c1-26(2)22-10-9-19-20(28(22,5)15-21(32)25(26)35)14-24(34)30(7)18(12-13-29(19,30)6)17(16-31)8-11-23(33)27(3,4)36/h17-18,21-25,31-36H,8-16H2,1-7H3/t17-,18+,21-,22+,23+,24-,25-,28-,29+,30-/m1/s1. The zero-order valence-corrected chi connectivity index (χ0v) is 23.6. The van der Waals surface area contributed by atoms with E-state index in [1.807, 2.05) is 0 Å². The van der Waals surface area contributed by atoms with E-state index >= 15 is 0 Å². The molecule has 0 aromatic carbocycles. The number of allylic oxidation sites excluding steroid dienone is 1. The minimum Gasteiger partial charge on any atom is -0.396 e. The Morgan fingerprint density at radius 3 is 2.19 bits per heavy atom. The molecular weight excluding hydrogens is 456 g/mol. The van der Waals surface area contributed by atoms with Gasteiger partial charge in [-0.25, -0.2) is 0 Å². The van der Waals surface area contributed by atoms with Crippen LogP contribution in [0, 0.1) is 39.4 Å². The summed E-state index contributed by atoms with van der Waals surface area (Å²) < 4.78 is 0. The highest BCUT2D eigenvalue weighted by Crippen LogP contribution is 2.72. The van der Waals surface area contributed by atoms with Crippen LogP contribution in [-0.4, -0.2) is 67.3 Å². The molecule has 6 N–H and O–H groups in total. The zero-order valence-electron chi connectivity index (χ0n) is 23.6. The van der Waals surface area contributed by atoms with Crippen LogP contribution >= 0.6 is 0 Å². The lowest BCUT2D eigenvalue weighted by Gasteiger charge is -2.63. The summed E-state index contributed by atoms with van der Waals surface area (Å²) in [7, 11) is 0. The highest BCUT2D eigenvalue weighted by molar-refractivity contribution is 5.40. The second-order valence-electron chi connectivity index (χ2n) is 14.7. The highest BCUT2D eigenvalue weighted by atomic mass is 16.3. The van der Waals surface area contributed by atoms with Crippen LogP contribution in [0.25, 0.3) is 0 Å². The summed E-state index contributed by atoms with van der Waals surface area (Å²) in [6.45, 7) is 14.2. The molecule has 0 saturated heterocycles. The Kier molecular flexibility index (Phi) is 7.15. The molecule has 2 saturated carbocycles. The molecule has 6 nitrogen and oxygen atoms in total. The molecule has 0 amide bonds. The average molecular weight is 509 g/mol. The SMILES string of the molecule is CC(C)(O)[C@@H](O)CC[C@H](CO)[C@@H]1CC[C@@]2(C)C3=C(C[C@@H](O)[C@@]12C)[C@@]1(C)C[C@@H](O)[C@@H](O)C(C)(C)[C@@H]1CC3. The third-order valence-electron chi connectivity index (χ3n) is 12.3. The molecule has 4 aliphatic rings. The first-order valence-corrected chi connectivity index (χ1v) is 14.2. The van der Waals surface area contributed by atoms with E-state index in [0.29, 0.717) is 25.7 Å². The lowest BCUT2D eigenvalue weighted by atomic mass is 9.42. The fraction of sp³-hybridized carbons (Fsp3) is 0.933. The van der Waals surface area contributed by atoms with Gasteiger partial charge in [0.05, 0.1) is 30.0 Å². The van der Waals surface area contributed by atoms with E-state index in [9.17, 15) is 30.6 Å². The first-order valence-electron chi connectivity index (χ1n) is 14.2. The fourth-order valence-electron chi connectivity index (χ4n) is 9.77. The highest BCUT2D eigenvalue weighted by Gasteiger charge is 2.67. The fourth-order valence-corrected chi connectivity index (χ4v) is 9.77. The molecule has 208 valence electrons. The van der Waals surface area contributed by atoms with Crippen LogP contribution in [0.3, 0.4) is 0 Å². The average Bonchev–Trinajstić information content (AvgIpc) is 3.06. The first kappa shape index (κ1) is 28.5. The van der Waals surface area contributed by atoms with Crippen molar-refractivity contribution < 1.29 is 30.6 Å². The number of hydrogen-bond acceptors (Lipinski definition) is 6. The molecule has 4 aliphatic carbocycles. The van der Waals surface area contributed by atoms with Gasteiger partial charge in [-0.05, 0) is 99.2 Å². The second-order valence-corrected chi connectivity index (χ2v) is 14.7. The van der Waals surface area contributed by atoms with E-state index < -0.39 is 40.8 Å². The Labute approximate surface area is 217 Å². The molecule has 0 aliphatic heterocycles. The van der Waals surface area contributed by atoms with Crippen LogP contribution in [0.5, 0.6) is 0 Å². The van der Waals surface area contributed by atoms with Crippen molar-refractivity contribution in [1.82, 2.24) is 0 Å². The summed E-state index contributed by atoms with van der Waals surface area (Å²) >= 11 is 0. The number of hydrogen-bond donors (Lipinski definition) is 6. The van der Waals surface area contributed by atoms with Crippen molar-refractivity contribution in [3.8, 4) is 0 Å². The minimum absolute atomic E-state index is 0.00555. The van der Waals surface area contributed by atoms with Crippen LogP contribution in [0.1, 0.15) is 99.8 Å². The lowest BCUT2D eigenvalue weighted by Crippen LogP contribution is -2.61. The summed E-state index contributed by atoms with van der Waals surface area (Å²) in [5.74, 6) is 0.308. The maximum absolute atomic E-state index is 11.9. The van der Waals surface area contributed by atoms with Gasteiger partial charge in [-0.2, -0.15) is 0 Å². The molecule has 0 bridgehead atoms. The molecule has 0 radical (unpaired) electrons. The third-order valence-corrected chi connectivity index (χ3v) is 12.3. The summed E-state index contributed by atoms with van der Waals surface area (Å²) in [5.41, 5.74) is 0.313. The van der Waals surface area contributed by atoms with Crippen molar-refractivity contribution in [1.29, 1.82) is 0 Å². The van der Waals surface area contributed by atoms with Gasteiger partial charge in [0.2, 0.25) is 0 Å². The van der Waals surface area contributed by atoms with Gasteiger partial charge in [0.25, 0.3) is 0 Å². The lowest BCUT2D eigenvalue weighted by molar-refractivity contribution is -0.163. The number of aliphatic hydroxyl groups excluding tert-OH is 5. The summed E-state index contributed by atoms with van der Waals surface area (Å²) in [5, 5.41) is 64.7. The second kappa shape index (κ2) is 9.02. The van der Waals surface area contributed by atoms with Crippen LogP contribution in [0.2, 0.25) is 0 Å². The molecule has 0 aromatic rings. The van der Waals surface area contributed by atoms with E-state index in [1.165, 1.54) is 11.1 Å². The molecular formula is C30H52O6. The first-order chi connectivity index (χ1) is 16.5. The van der Waals surface area contributed by atoms with Crippen LogP contribution in [0.15, 0.2) is 11.1 Å². The summed E-state index contributed by atoms with van der Waals surface area (Å²) in [6.07, 6.45) is 2.97. The molecule has 6 heteroatoms. The molecule has 4 rings (SSSR count). The van der Waals surface area contributed by atoms with E-state index in [4.69, 9.17) is 0 Å². The Morgan fingerprint density at radius 1 is 0.972 bits per heavy atom. The van der Waals surface area contributed by atoms with Gasteiger partial charge >= 0.3 is 0 Å². The largest absolute Gasteiger partial charge is 0.396 e. The Balaban J connectivity index is 1.69.